The highest BCUT2D eigenvalue weighted by Crippen LogP contribution is 2.50. The molecule has 2 atom stereocenters. The van der Waals surface area contributed by atoms with Gasteiger partial charge in [-0.1, -0.05) is 27.7 Å². The van der Waals surface area contributed by atoms with E-state index >= 15 is 0 Å². The Bertz CT molecular complexity index is 295. The lowest BCUT2D eigenvalue weighted by Crippen LogP contribution is -2.54. The minimum atomic E-state index is -1.09. The van der Waals surface area contributed by atoms with Gasteiger partial charge in [0.15, 0.2) is 5.92 Å². The van der Waals surface area contributed by atoms with Crippen molar-refractivity contribution in [3.05, 3.63) is 0 Å². The molecule has 0 aromatic rings. The van der Waals surface area contributed by atoms with Crippen LogP contribution in [0.25, 0.3) is 0 Å². The van der Waals surface area contributed by atoms with Crippen molar-refractivity contribution in [2.24, 2.45) is 16.7 Å². The van der Waals surface area contributed by atoms with Crippen molar-refractivity contribution >= 4 is 11.9 Å². The number of carbonyl (C=O) groups is 2. The van der Waals surface area contributed by atoms with Gasteiger partial charge < -0.3 is 9.84 Å². The molecule has 1 aliphatic heterocycles. The van der Waals surface area contributed by atoms with Gasteiger partial charge in [0.05, 0.1) is 6.61 Å². The van der Waals surface area contributed by atoms with Gasteiger partial charge in [-0.25, -0.2) is 0 Å². The number of carbonyl (C=O) groups excluding carboxylic acids is 1. The molecular weight excluding hydrogens is 196 g/mol. The van der Waals surface area contributed by atoms with E-state index in [0.29, 0.717) is 6.61 Å². The van der Waals surface area contributed by atoms with Crippen molar-refractivity contribution in [3.63, 3.8) is 0 Å². The molecule has 1 saturated heterocycles. The van der Waals surface area contributed by atoms with E-state index in [4.69, 9.17) is 9.84 Å². The average molecular weight is 214 g/mol. The van der Waals surface area contributed by atoms with Crippen LogP contribution in [0.4, 0.5) is 0 Å². The molecular formula is C11H18O4. The van der Waals surface area contributed by atoms with Crippen molar-refractivity contribution in [2.75, 3.05) is 6.61 Å². The van der Waals surface area contributed by atoms with Gasteiger partial charge in [-0.05, 0) is 11.8 Å². The first-order valence-electron chi connectivity index (χ1n) is 5.15. The summed E-state index contributed by atoms with van der Waals surface area (Å²) in [6.45, 7) is 7.92. The molecule has 1 aliphatic rings. The van der Waals surface area contributed by atoms with Crippen molar-refractivity contribution < 1.29 is 19.4 Å². The highest BCUT2D eigenvalue weighted by atomic mass is 16.5. The number of carboxylic acids is 1. The summed E-state index contributed by atoms with van der Waals surface area (Å²) in [5.41, 5.74) is -0.854. The van der Waals surface area contributed by atoms with E-state index < -0.39 is 23.3 Å². The molecule has 4 heteroatoms. The normalized spacial score (nSPS) is 34.7. The lowest BCUT2D eigenvalue weighted by atomic mass is 9.58. The fraction of sp³-hybridized carbons (Fsp3) is 0.818. The van der Waals surface area contributed by atoms with Crippen LogP contribution in [-0.2, 0) is 14.3 Å². The highest BCUT2D eigenvalue weighted by molar-refractivity contribution is 5.95. The van der Waals surface area contributed by atoms with Crippen LogP contribution in [0.5, 0.6) is 0 Å². The first-order valence-corrected chi connectivity index (χ1v) is 5.15. The molecule has 0 saturated carbocycles. The molecule has 15 heavy (non-hydrogen) atoms. The van der Waals surface area contributed by atoms with Crippen LogP contribution < -0.4 is 0 Å². The van der Waals surface area contributed by atoms with E-state index in [1.165, 1.54) is 0 Å². The summed E-state index contributed by atoms with van der Waals surface area (Å²) in [6.07, 6.45) is 0.789. The number of rotatable bonds is 2. The molecule has 2 unspecified atom stereocenters. The minimum absolute atomic E-state index is 0.274. The Hall–Kier alpha value is -1.06. The molecule has 0 aliphatic carbocycles. The van der Waals surface area contributed by atoms with Gasteiger partial charge in [0, 0.05) is 5.41 Å². The summed E-state index contributed by atoms with van der Waals surface area (Å²) in [5, 5.41) is 9.07. The third kappa shape index (κ3) is 1.62. The summed E-state index contributed by atoms with van der Waals surface area (Å²) in [7, 11) is 0. The number of hydrogen-bond donors (Lipinski definition) is 1. The second-order valence-corrected chi connectivity index (χ2v) is 5.01. The zero-order valence-electron chi connectivity index (χ0n) is 9.66. The monoisotopic (exact) mass is 214 g/mol. The van der Waals surface area contributed by atoms with Gasteiger partial charge in [0.1, 0.15) is 0 Å². The Balaban J connectivity index is 3.14. The van der Waals surface area contributed by atoms with Gasteiger partial charge >= 0.3 is 11.9 Å². The number of cyclic esters (lactones) is 1. The van der Waals surface area contributed by atoms with Gasteiger partial charge in [-0.3, -0.25) is 9.59 Å². The predicted octanol–water partition coefficient (Wildman–Crippen LogP) is 1.69. The zero-order chi connectivity index (χ0) is 11.9. The van der Waals surface area contributed by atoms with Crippen LogP contribution in [0.3, 0.4) is 0 Å². The molecule has 1 heterocycles. The third-order valence-electron chi connectivity index (χ3n) is 4.07. The molecule has 0 spiro atoms. The van der Waals surface area contributed by atoms with E-state index in [1.807, 2.05) is 27.7 Å². The van der Waals surface area contributed by atoms with E-state index in [1.54, 1.807) is 0 Å². The van der Waals surface area contributed by atoms with Crippen LogP contribution >= 0.6 is 0 Å². The van der Waals surface area contributed by atoms with Gasteiger partial charge in [-0.15, -0.1) is 0 Å². The standard InChI is InChI=1S/C11H18O4/c1-5-11(4)6-15-9(14)7(8(12)13)10(11,2)3/h7H,5-6H2,1-4H3,(H,12,13). The molecule has 0 aromatic heterocycles. The molecule has 0 aromatic carbocycles. The third-order valence-corrected chi connectivity index (χ3v) is 4.07. The molecule has 1 rings (SSSR count). The molecule has 0 radical (unpaired) electrons. The second-order valence-electron chi connectivity index (χ2n) is 5.01. The molecule has 4 nitrogen and oxygen atoms in total. The molecule has 0 bridgehead atoms. The molecule has 86 valence electrons. The summed E-state index contributed by atoms with van der Waals surface area (Å²) in [5.74, 6) is -2.76. The maximum Gasteiger partial charge on any atom is 0.320 e. The van der Waals surface area contributed by atoms with E-state index in [2.05, 4.69) is 0 Å². The molecule has 1 fully saturated rings. The molecule has 1 N–H and O–H groups in total. The quantitative estimate of drug-likeness (QED) is 0.561. The minimum Gasteiger partial charge on any atom is -0.481 e. The van der Waals surface area contributed by atoms with Crippen molar-refractivity contribution in [2.45, 2.75) is 34.1 Å². The maximum atomic E-state index is 11.5. The summed E-state index contributed by atoms with van der Waals surface area (Å²) >= 11 is 0. The van der Waals surface area contributed by atoms with Crippen LogP contribution in [0, 0.1) is 16.7 Å². The smallest absolute Gasteiger partial charge is 0.320 e. The highest BCUT2D eigenvalue weighted by Gasteiger charge is 2.56. The summed E-state index contributed by atoms with van der Waals surface area (Å²) in [4.78, 5) is 22.5. The zero-order valence-corrected chi connectivity index (χ0v) is 9.66. The van der Waals surface area contributed by atoms with E-state index in [9.17, 15) is 9.59 Å². The van der Waals surface area contributed by atoms with E-state index in [0.717, 1.165) is 6.42 Å². The summed E-state index contributed by atoms with van der Waals surface area (Å²) < 4.78 is 4.97. The van der Waals surface area contributed by atoms with Crippen LogP contribution in [0.1, 0.15) is 34.1 Å². The largest absolute Gasteiger partial charge is 0.481 e. The van der Waals surface area contributed by atoms with Crippen LogP contribution in [-0.4, -0.2) is 23.7 Å². The average Bonchev–Trinajstić information content (AvgIpc) is 2.11. The predicted molar refractivity (Wildman–Crippen MR) is 54.3 cm³/mol. The number of aliphatic carboxylic acids is 1. The van der Waals surface area contributed by atoms with Gasteiger partial charge in [0.2, 0.25) is 0 Å². The Morgan fingerprint density at radius 2 is 2.07 bits per heavy atom. The van der Waals surface area contributed by atoms with Crippen LogP contribution in [0.2, 0.25) is 0 Å². The Morgan fingerprint density at radius 1 is 1.53 bits per heavy atom. The lowest BCUT2D eigenvalue weighted by Gasteiger charge is -2.49. The van der Waals surface area contributed by atoms with Crippen molar-refractivity contribution in [1.82, 2.24) is 0 Å². The number of ether oxygens (including phenoxy) is 1. The first-order chi connectivity index (χ1) is 6.76. The molecule has 0 amide bonds. The fourth-order valence-electron chi connectivity index (χ4n) is 2.11. The second kappa shape index (κ2) is 3.51. The lowest BCUT2D eigenvalue weighted by molar-refractivity contribution is -0.189. The van der Waals surface area contributed by atoms with Gasteiger partial charge in [-0.2, -0.15) is 0 Å². The number of carboxylic acid groups (broad SMARTS) is 1. The van der Waals surface area contributed by atoms with Gasteiger partial charge in [0.25, 0.3) is 0 Å². The Kier molecular flexibility index (Phi) is 2.81. The van der Waals surface area contributed by atoms with Crippen molar-refractivity contribution in [1.29, 1.82) is 0 Å². The number of esters is 1. The topological polar surface area (TPSA) is 63.6 Å². The summed E-state index contributed by atoms with van der Waals surface area (Å²) in [6, 6.07) is 0. The SMILES string of the molecule is CCC1(C)COC(=O)C(C(=O)O)C1(C)C. The maximum absolute atomic E-state index is 11.5. The fourth-order valence-corrected chi connectivity index (χ4v) is 2.11. The Labute approximate surface area is 89.6 Å². The first kappa shape index (κ1) is 12.0. The van der Waals surface area contributed by atoms with Crippen molar-refractivity contribution in [3.8, 4) is 0 Å². The number of hydrogen-bond acceptors (Lipinski definition) is 3. The van der Waals surface area contributed by atoms with E-state index in [-0.39, 0.29) is 5.41 Å². The Morgan fingerprint density at radius 3 is 2.47 bits per heavy atom. The van der Waals surface area contributed by atoms with Crippen LogP contribution in [0.15, 0.2) is 0 Å².